The molecule has 1 N–H and O–H groups in total. The van der Waals surface area contributed by atoms with Crippen LogP contribution in [0.4, 0.5) is 9.59 Å². The Balaban J connectivity index is 1.80. The van der Waals surface area contributed by atoms with Gasteiger partial charge in [0.2, 0.25) is 0 Å². The van der Waals surface area contributed by atoms with E-state index in [0.29, 0.717) is 26.2 Å². The predicted molar refractivity (Wildman–Crippen MR) is 84.3 cm³/mol. The van der Waals surface area contributed by atoms with Crippen molar-refractivity contribution in [2.24, 2.45) is 0 Å². The number of aryl methyl sites for hydroxylation is 1. The third-order valence-corrected chi connectivity index (χ3v) is 3.52. The number of hydrogen-bond donors (Lipinski definition) is 1. The van der Waals surface area contributed by atoms with Crippen molar-refractivity contribution in [3.8, 4) is 0 Å². The molecule has 0 unspecified atom stereocenters. The van der Waals surface area contributed by atoms with Gasteiger partial charge in [-0.2, -0.15) is 0 Å². The maximum Gasteiger partial charge on any atom is 0.409 e. The molecule has 3 amide bonds. The van der Waals surface area contributed by atoms with Crippen molar-refractivity contribution in [1.29, 1.82) is 0 Å². The number of carbonyl (C=O) groups excluding carboxylic acids is 2. The fraction of sp³-hybridized carbons (Fsp3) is 0.375. The zero-order valence-corrected chi connectivity index (χ0v) is 12.9. The highest BCUT2D eigenvalue weighted by Gasteiger charge is 2.23. The van der Waals surface area contributed by atoms with E-state index in [4.69, 9.17) is 0 Å². The summed E-state index contributed by atoms with van der Waals surface area (Å²) in [6.45, 7) is 4.00. The molecule has 1 saturated heterocycles. The zero-order chi connectivity index (χ0) is 15.9. The molecule has 0 aliphatic carbocycles. The molecule has 1 heterocycles. The molecule has 0 spiro atoms. The second kappa shape index (κ2) is 7.49. The molecule has 6 nitrogen and oxygen atoms in total. The van der Waals surface area contributed by atoms with Crippen molar-refractivity contribution in [1.82, 2.24) is 15.1 Å². The number of hydrogen-bond acceptors (Lipinski definition) is 3. The Labute approximate surface area is 130 Å². The van der Waals surface area contributed by atoms with Gasteiger partial charge in [-0.3, -0.25) is 0 Å². The first-order chi connectivity index (χ1) is 10.6. The van der Waals surface area contributed by atoms with Crippen molar-refractivity contribution in [2.75, 3.05) is 33.3 Å². The SMILES string of the molecule is COC(=O)N1CCN(C(=O)N/C=C/c2cccc(C)c2)CC1. The summed E-state index contributed by atoms with van der Waals surface area (Å²) in [6.07, 6.45) is 3.15. The van der Waals surface area contributed by atoms with E-state index in [2.05, 4.69) is 10.1 Å². The molecular formula is C16H21N3O3. The summed E-state index contributed by atoms with van der Waals surface area (Å²) in [5.74, 6) is 0. The van der Waals surface area contributed by atoms with Crippen LogP contribution in [-0.4, -0.2) is 55.2 Å². The molecule has 1 aliphatic rings. The smallest absolute Gasteiger partial charge is 0.409 e. The molecule has 1 aromatic carbocycles. The molecule has 1 fully saturated rings. The minimum absolute atomic E-state index is 0.159. The van der Waals surface area contributed by atoms with E-state index in [-0.39, 0.29) is 12.1 Å². The highest BCUT2D eigenvalue weighted by molar-refractivity contribution is 5.76. The Kier molecular flexibility index (Phi) is 5.41. The molecule has 1 aliphatic heterocycles. The summed E-state index contributed by atoms with van der Waals surface area (Å²) in [4.78, 5) is 26.7. The summed E-state index contributed by atoms with van der Waals surface area (Å²) in [5.41, 5.74) is 2.21. The normalized spacial score (nSPS) is 15.0. The van der Waals surface area contributed by atoms with Crippen LogP contribution in [0.2, 0.25) is 0 Å². The largest absolute Gasteiger partial charge is 0.453 e. The summed E-state index contributed by atoms with van der Waals surface area (Å²) in [6, 6.07) is 7.86. The average Bonchev–Trinajstić information content (AvgIpc) is 2.54. The minimum Gasteiger partial charge on any atom is -0.453 e. The maximum atomic E-state index is 12.0. The Hall–Kier alpha value is -2.50. The number of nitrogens with zero attached hydrogens (tertiary/aromatic N) is 2. The second-order valence-electron chi connectivity index (χ2n) is 5.14. The standard InChI is InChI=1S/C16H21N3O3/c1-13-4-3-5-14(12-13)6-7-17-15(20)18-8-10-19(11-9-18)16(21)22-2/h3-7,12H,8-11H2,1-2H3,(H,17,20)/b7-6+. The van der Waals surface area contributed by atoms with E-state index in [1.54, 1.807) is 16.0 Å². The van der Waals surface area contributed by atoms with E-state index < -0.39 is 0 Å². The lowest BCUT2D eigenvalue weighted by atomic mass is 10.1. The highest BCUT2D eigenvalue weighted by atomic mass is 16.5. The van der Waals surface area contributed by atoms with Gasteiger partial charge in [-0.25, -0.2) is 9.59 Å². The lowest BCUT2D eigenvalue weighted by molar-refractivity contribution is 0.0977. The van der Waals surface area contributed by atoms with Gasteiger partial charge >= 0.3 is 12.1 Å². The van der Waals surface area contributed by atoms with E-state index in [1.807, 2.05) is 37.3 Å². The van der Waals surface area contributed by atoms with E-state index in [1.165, 1.54) is 12.7 Å². The quantitative estimate of drug-likeness (QED) is 0.909. The Morgan fingerprint density at radius 2 is 1.86 bits per heavy atom. The van der Waals surface area contributed by atoms with E-state index in [0.717, 1.165) is 5.56 Å². The van der Waals surface area contributed by atoms with Crippen LogP contribution in [0.1, 0.15) is 11.1 Å². The van der Waals surface area contributed by atoms with Gasteiger partial charge in [0.1, 0.15) is 0 Å². The van der Waals surface area contributed by atoms with Gasteiger partial charge in [-0.15, -0.1) is 0 Å². The fourth-order valence-electron chi connectivity index (χ4n) is 2.30. The number of nitrogens with one attached hydrogen (secondary N) is 1. The number of amides is 3. The number of rotatable bonds is 2. The number of ether oxygens (including phenoxy) is 1. The van der Waals surface area contributed by atoms with Crippen LogP contribution < -0.4 is 5.32 Å². The average molecular weight is 303 g/mol. The first-order valence-electron chi connectivity index (χ1n) is 7.21. The van der Waals surface area contributed by atoms with Crippen LogP contribution in [0.25, 0.3) is 6.08 Å². The van der Waals surface area contributed by atoms with Crippen molar-refractivity contribution in [3.05, 3.63) is 41.6 Å². The topological polar surface area (TPSA) is 61.9 Å². The third-order valence-electron chi connectivity index (χ3n) is 3.52. The van der Waals surface area contributed by atoms with Crippen LogP contribution in [0, 0.1) is 6.92 Å². The maximum absolute atomic E-state index is 12.0. The summed E-state index contributed by atoms with van der Waals surface area (Å²) in [5, 5.41) is 2.75. The highest BCUT2D eigenvalue weighted by Crippen LogP contribution is 2.06. The summed E-state index contributed by atoms with van der Waals surface area (Å²) in [7, 11) is 1.36. The van der Waals surface area contributed by atoms with Gasteiger partial charge in [0.25, 0.3) is 0 Å². The second-order valence-corrected chi connectivity index (χ2v) is 5.14. The molecular weight excluding hydrogens is 282 g/mol. The Morgan fingerprint density at radius 3 is 2.50 bits per heavy atom. The van der Waals surface area contributed by atoms with E-state index >= 15 is 0 Å². The monoisotopic (exact) mass is 303 g/mol. The van der Waals surface area contributed by atoms with Crippen LogP contribution in [-0.2, 0) is 4.74 Å². The summed E-state index contributed by atoms with van der Waals surface area (Å²) < 4.78 is 4.67. The van der Waals surface area contributed by atoms with Gasteiger partial charge < -0.3 is 19.9 Å². The molecule has 0 aromatic heterocycles. The fourth-order valence-corrected chi connectivity index (χ4v) is 2.30. The molecule has 22 heavy (non-hydrogen) atoms. The molecule has 1 aromatic rings. The van der Waals surface area contributed by atoms with Crippen LogP contribution in [0.3, 0.4) is 0 Å². The van der Waals surface area contributed by atoms with Crippen LogP contribution >= 0.6 is 0 Å². The lowest BCUT2D eigenvalue weighted by Gasteiger charge is -2.33. The number of benzene rings is 1. The first-order valence-corrected chi connectivity index (χ1v) is 7.21. The zero-order valence-electron chi connectivity index (χ0n) is 12.9. The molecule has 0 bridgehead atoms. The number of urea groups is 1. The van der Waals surface area contributed by atoms with Gasteiger partial charge in [-0.05, 0) is 18.6 Å². The Bertz CT molecular complexity index is 564. The molecule has 0 atom stereocenters. The first kappa shape index (κ1) is 15.9. The van der Waals surface area contributed by atoms with Crippen molar-refractivity contribution in [2.45, 2.75) is 6.92 Å². The van der Waals surface area contributed by atoms with E-state index in [9.17, 15) is 9.59 Å². The molecule has 118 valence electrons. The van der Waals surface area contributed by atoms with Crippen LogP contribution in [0.5, 0.6) is 0 Å². The predicted octanol–water partition coefficient (Wildman–Crippen LogP) is 2.06. The van der Waals surface area contributed by atoms with Gasteiger partial charge in [-0.1, -0.05) is 29.8 Å². The number of piperazine rings is 1. The van der Waals surface area contributed by atoms with Gasteiger partial charge in [0, 0.05) is 32.4 Å². The van der Waals surface area contributed by atoms with Gasteiger partial charge in [0.05, 0.1) is 7.11 Å². The molecule has 2 rings (SSSR count). The molecule has 0 radical (unpaired) electrons. The van der Waals surface area contributed by atoms with Gasteiger partial charge in [0.15, 0.2) is 0 Å². The van der Waals surface area contributed by atoms with Crippen molar-refractivity contribution >= 4 is 18.2 Å². The molecule has 6 heteroatoms. The minimum atomic E-state index is -0.348. The summed E-state index contributed by atoms with van der Waals surface area (Å²) >= 11 is 0. The number of methoxy groups -OCH3 is 1. The third kappa shape index (κ3) is 4.25. The lowest BCUT2D eigenvalue weighted by Crippen LogP contribution is -2.52. The van der Waals surface area contributed by atoms with Crippen molar-refractivity contribution < 1.29 is 14.3 Å². The number of carbonyl (C=O) groups is 2. The Morgan fingerprint density at radius 1 is 1.18 bits per heavy atom. The van der Waals surface area contributed by atoms with Crippen LogP contribution in [0.15, 0.2) is 30.5 Å². The van der Waals surface area contributed by atoms with Crippen molar-refractivity contribution in [3.63, 3.8) is 0 Å². The molecule has 0 saturated carbocycles.